The van der Waals surface area contributed by atoms with Crippen LogP contribution < -0.4 is 10.3 Å². The molecule has 9 heteroatoms. The molecule has 0 radical (unpaired) electrons. The maximum Gasteiger partial charge on any atom is 0.252 e. The second kappa shape index (κ2) is 11.4. The van der Waals surface area contributed by atoms with E-state index in [9.17, 15) is 4.79 Å². The van der Waals surface area contributed by atoms with Crippen LogP contribution in [0.25, 0.3) is 10.9 Å². The van der Waals surface area contributed by atoms with Crippen molar-refractivity contribution in [2.45, 2.75) is 71.8 Å². The number of hydrogen-bond acceptors (Lipinski definition) is 7. The Balaban J connectivity index is 1.54. The zero-order chi connectivity index (χ0) is 26.6. The first-order chi connectivity index (χ1) is 18.5. The van der Waals surface area contributed by atoms with Gasteiger partial charge in [0, 0.05) is 30.8 Å². The van der Waals surface area contributed by atoms with Crippen LogP contribution in [0, 0.1) is 13.8 Å². The van der Waals surface area contributed by atoms with Crippen molar-refractivity contribution in [1.82, 2.24) is 30.1 Å². The van der Waals surface area contributed by atoms with Crippen LogP contribution in [0.1, 0.15) is 60.3 Å². The van der Waals surface area contributed by atoms with Crippen LogP contribution in [0.15, 0.2) is 47.3 Å². The molecule has 2 aromatic heterocycles. The Bertz CT molecular complexity index is 1460. The Morgan fingerprint density at radius 2 is 2.00 bits per heavy atom. The summed E-state index contributed by atoms with van der Waals surface area (Å²) in [4.78, 5) is 18.7. The molecule has 1 saturated heterocycles. The molecule has 0 bridgehead atoms. The van der Waals surface area contributed by atoms with Gasteiger partial charge in [-0.2, -0.15) is 0 Å². The van der Waals surface area contributed by atoms with E-state index in [0.29, 0.717) is 25.2 Å². The average Bonchev–Trinajstić information content (AvgIpc) is 3.59. The monoisotopic (exact) mass is 516 g/mol. The number of pyridine rings is 1. The number of tetrazole rings is 1. The number of aryl methyl sites for hydroxylation is 2. The lowest BCUT2D eigenvalue weighted by molar-refractivity contribution is 0.0887. The maximum atomic E-state index is 13.3. The molecular formula is C29H36N6O3. The van der Waals surface area contributed by atoms with Crippen LogP contribution in [0.3, 0.4) is 0 Å². The van der Waals surface area contributed by atoms with Crippen molar-refractivity contribution in [3.05, 3.63) is 80.9 Å². The quantitative estimate of drug-likeness (QED) is 0.332. The van der Waals surface area contributed by atoms with Gasteiger partial charge in [0.1, 0.15) is 5.75 Å². The molecule has 1 N–H and O–H groups in total. The van der Waals surface area contributed by atoms with Crippen LogP contribution in [0.4, 0.5) is 0 Å². The third kappa shape index (κ3) is 5.49. The number of nitrogens with one attached hydrogen (secondary N) is 1. The van der Waals surface area contributed by atoms with E-state index in [4.69, 9.17) is 9.47 Å². The molecule has 1 aliphatic heterocycles. The van der Waals surface area contributed by atoms with Gasteiger partial charge in [-0.25, -0.2) is 4.68 Å². The van der Waals surface area contributed by atoms with Gasteiger partial charge in [-0.1, -0.05) is 36.8 Å². The van der Waals surface area contributed by atoms with Gasteiger partial charge in [-0.05, 0) is 72.7 Å². The summed E-state index contributed by atoms with van der Waals surface area (Å²) < 4.78 is 13.4. The Kier molecular flexibility index (Phi) is 7.85. The number of rotatable bonds is 10. The zero-order valence-corrected chi connectivity index (χ0v) is 22.6. The highest BCUT2D eigenvalue weighted by atomic mass is 16.5. The van der Waals surface area contributed by atoms with E-state index in [1.54, 1.807) is 7.11 Å². The first kappa shape index (κ1) is 26.1. The van der Waals surface area contributed by atoms with Crippen molar-refractivity contribution in [3.63, 3.8) is 0 Å². The molecule has 200 valence electrons. The predicted molar refractivity (Wildman–Crippen MR) is 146 cm³/mol. The highest BCUT2D eigenvalue weighted by Crippen LogP contribution is 2.30. The van der Waals surface area contributed by atoms with Gasteiger partial charge in [-0.3, -0.25) is 9.69 Å². The first-order valence-electron chi connectivity index (χ1n) is 13.3. The summed E-state index contributed by atoms with van der Waals surface area (Å²) in [6.45, 7) is 8.63. The third-order valence-corrected chi connectivity index (χ3v) is 7.40. The number of aromatic amines is 1. The number of para-hydroxylation sites is 1. The molecular weight excluding hydrogens is 480 g/mol. The molecule has 4 aromatic rings. The van der Waals surface area contributed by atoms with Gasteiger partial charge < -0.3 is 14.5 Å². The minimum atomic E-state index is -0.120. The Hall–Kier alpha value is -3.56. The summed E-state index contributed by atoms with van der Waals surface area (Å²) >= 11 is 0. The smallest absolute Gasteiger partial charge is 0.252 e. The SMILES string of the molecule is CC[C@@H](c1nnnn1C[C@@H]1CCCO1)N(Cc1ccccc1OC)Cc1cc2cc(C)cc(C)c2[nH]c1=O. The first-order valence-corrected chi connectivity index (χ1v) is 13.3. The number of hydrogen-bond donors (Lipinski definition) is 1. The van der Waals surface area contributed by atoms with Crippen molar-refractivity contribution in [1.29, 1.82) is 0 Å². The molecule has 38 heavy (non-hydrogen) atoms. The van der Waals surface area contributed by atoms with Gasteiger partial charge in [0.15, 0.2) is 5.82 Å². The highest BCUT2D eigenvalue weighted by Gasteiger charge is 2.28. The second-order valence-corrected chi connectivity index (χ2v) is 10.2. The molecule has 2 atom stereocenters. The highest BCUT2D eigenvalue weighted by molar-refractivity contribution is 5.82. The standard InChI is InChI=1S/C29H36N6O3/c1-5-25(28-31-32-33-35(28)18-24-10-8-12-38-24)34(16-21-9-6-7-11-26(21)37-4)17-23-15-22-14-19(2)13-20(3)27(22)30-29(23)36/h6-7,9,11,13-15,24-25H,5,8,10,12,16-18H2,1-4H3,(H,30,36)/t24-,25-/m0/s1. The Labute approximate surface area is 222 Å². The van der Waals surface area contributed by atoms with E-state index in [0.717, 1.165) is 59.5 Å². The predicted octanol–water partition coefficient (Wildman–Crippen LogP) is 4.47. The summed E-state index contributed by atoms with van der Waals surface area (Å²) in [7, 11) is 1.68. The number of H-pyrrole nitrogens is 1. The van der Waals surface area contributed by atoms with Crippen LogP contribution in [-0.2, 0) is 24.4 Å². The Morgan fingerprint density at radius 3 is 2.76 bits per heavy atom. The number of methoxy groups -OCH3 is 1. The van der Waals surface area contributed by atoms with E-state index in [2.05, 4.69) is 57.5 Å². The largest absolute Gasteiger partial charge is 0.496 e. The fourth-order valence-electron chi connectivity index (χ4n) is 5.56. The van der Waals surface area contributed by atoms with Crippen LogP contribution in [0.2, 0.25) is 0 Å². The summed E-state index contributed by atoms with van der Waals surface area (Å²) in [6.07, 6.45) is 2.95. The molecule has 5 rings (SSSR count). The van der Waals surface area contributed by atoms with E-state index >= 15 is 0 Å². The molecule has 1 fully saturated rings. The molecule has 0 amide bonds. The zero-order valence-electron chi connectivity index (χ0n) is 22.6. The van der Waals surface area contributed by atoms with Crippen molar-refractivity contribution < 1.29 is 9.47 Å². The summed E-state index contributed by atoms with van der Waals surface area (Å²) in [6, 6.07) is 14.1. The topological polar surface area (TPSA) is 98.2 Å². The normalized spacial score (nSPS) is 16.4. The fraction of sp³-hybridized carbons (Fsp3) is 0.448. The molecule has 3 heterocycles. The second-order valence-electron chi connectivity index (χ2n) is 10.2. The lowest BCUT2D eigenvalue weighted by atomic mass is 10.0. The maximum absolute atomic E-state index is 13.3. The van der Waals surface area contributed by atoms with Gasteiger partial charge in [0.05, 0.1) is 31.3 Å². The summed E-state index contributed by atoms with van der Waals surface area (Å²) in [5.41, 5.74) is 4.77. The molecule has 2 aromatic carbocycles. The van der Waals surface area contributed by atoms with E-state index in [1.165, 1.54) is 5.56 Å². The van der Waals surface area contributed by atoms with Gasteiger partial charge >= 0.3 is 0 Å². The van der Waals surface area contributed by atoms with Crippen molar-refractivity contribution in [2.24, 2.45) is 0 Å². The Morgan fingerprint density at radius 1 is 1.18 bits per heavy atom. The van der Waals surface area contributed by atoms with Crippen molar-refractivity contribution in [2.75, 3.05) is 13.7 Å². The minimum absolute atomic E-state index is 0.0803. The number of ether oxygens (including phenoxy) is 2. The van der Waals surface area contributed by atoms with Crippen molar-refractivity contribution in [3.8, 4) is 5.75 Å². The lowest BCUT2D eigenvalue weighted by Crippen LogP contribution is -2.33. The molecule has 9 nitrogen and oxygen atoms in total. The number of nitrogens with zero attached hydrogens (tertiary/aromatic N) is 5. The summed E-state index contributed by atoms with van der Waals surface area (Å²) in [5, 5.41) is 13.8. The van der Waals surface area contributed by atoms with Crippen LogP contribution >= 0.6 is 0 Å². The molecule has 0 spiro atoms. The average molecular weight is 517 g/mol. The van der Waals surface area contributed by atoms with Crippen LogP contribution in [-0.4, -0.2) is 49.9 Å². The van der Waals surface area contributed by atoms with E-state index in [-0.39, 0.29) is 17.7 Å². The van der Waals surface area contributed by atoms with Gasteiger partial charge in [-0.15, -0.1) is 5.10 Å². The molecule has 0 saturated carbocycles. The van der Waals surface area contributed by atoms with Gasteiger partial charge in [0.25, 0.3) is 5.56 Å². The van der Waals surface area contributed by atoms with Crippen LogP contribution in [0.5, 0.6) is 5.75 Å². The van der Waals surface area contributed by atoms with E-state index < -0.39 is 0 Å². The third-order valence-electron chi connectivity index (χ3n) is 7.40. The fourth-order valence-corrected chi connectivity index (χ4v) is 5.56. The minimum Gasteiger partial charge on any atom is -0.496 e. The summed E-state index contributed by atoms with van der Waals surface area (Å²) in [5.74, 6) is 1.59. The number of benzene rings is 2. The number of aromatic nitrogens is 5. The van der Waals surface area contributed by atoms with E-state index in [1.807, 2.05) is 35.9 Å². The van der Waals surface area contributed by atoms with Gasteiger partial charge in [0.2, 0.25) is 0 Å². The molecule has 1 aliphatic rings. The number of fused-ring (bicyclic) bond motifs is 1. The molecule has 0 unspecified atom stereocenters. The molecule has 0 aliphatic carbocycles. The van der Waals surface area contributed by atoms with Crippen molar-refractivity contribution >= 4 is 10.9 Å². The lowest BCUT2D eigenvalue weighted by Gasteiger charge is -2.31.